The second-order valence-corrected chi connectivity index (χ2v) is 9.51. The lowest BCUT2D eigenvalue weighted by Crippen LogP contribution is -2.41. The van der Waals surface area contributed by atoms with Gasteiger partial charge in [0.1, 0.15) is 18.2 Å². The van der Waals surface area contributed by atoms with Crippen LogP contribution in [0.15, 0.2) is 78.9 Å². The Labute approximate surface area is 231 Å². The number of benzene rings is 3. The number of amides is 2. The second kappa shape index (κ2) is 13.3. The molecule has 2 heterocycles. The fraction of sp³-hybridized carbons (Fsp3) is 0.267. The van der Waals surface area contributed by atoms with Gasteiger partial charge in [0.2, 0.25) is 0 Å². The summed E-state index contributed by atoms with van der Waals surface area (Å²) in [5, 5.41) is 17.8. The number of likely N-dealkylation sites (tertiary alicyclic amines) is 1. The van der Waals surface area contributed by atoms with Crippen LogP contribution in [0.5, 0.6) is 5.75 Å². The van der Waals surface area contributed by atoms with Crippen LogP contribution in [0.2, 0.25) is 0 Å². The number of rotatable bonds is 6. The molecule has 0 aliphatic carbocycles. The molecule has 1 aliphatic rings. The SMILES string of the molecule is Cc1ccccc1NC(=O)N1CCC(Cn2c(COc3ccccc3)nc3ccccc32)CC1.O=C(O)C(=O)O. The molecule has 10 heteroatoms. The summed E-state index contributed by atoms with van der Waals surface area (Å²) in [4.78, 5) is 37.8. The van der Waals surface area contributed by atoms with Crippen molar-refractivity contribution >= 4 is 34.7 Å². The number of ether oxygens (including phenoxy) is 1. The van der Waals surface area contributed by atoms with E-state index < -0.39 is 11.9 Å². The van der Waals surface area contributed by atoms with Gasteiger partial charge in [0.05, 0.1) is 11.0 Å². The summed E-state index contributed by atoms with van der Waals surface area (Å²) in [5.41, 5.74) is 4.07. The zero-order valence-electron chi connectivity index (χ0n) is 22.2. The Morgan fingerprint density at radius 3 is 2.20 bits per heavy atom. The van der Waals surface area contributed by atoms with Gasteiger partial charge < -0.3 is 29.7 Å². The molecule has 10 nitrogen and oxygen atoms in total. The number of imidazole rings is 1. The third kappa shape index (κ3) is 7.37. The maximum atomic E-state index is 12.8. The van der Waals surface area contributed by atoms with E-state index in [-0.39, 0.29) is 6.03 Å². The number of carbonyl (C=O) groups is 3. The predicted octanol–water partition coefficient (Wildman–Crippen LogP) is 5.02. The maximum Gasteiger partial charge on any atom is 0.414 e. The molecule has 1 saturated heterocycles. The van der Waals surface area contributed by atoms with Crippen LogP contribution in [-0.2, 0) is 22.7 Å². The summed E-state index contributed by atoms with van der Waals surface area (Å²) in [5.74, 6) is -1.39. The highest BCUT2D eigenvalue weighted by molar-refractivity contribution is 6.27. The Balaban J connectivity index is 0.000000557. The number of urea groups is 1. The molecule has 5 rings (SSSR count). The first-order valence-electron chi connectivity index (χ1n) is 13.0. The van der Waals surface area contributed by atoms with Gasteiger partial charge in [0.25, 0.3) is 0 Å². The summed E-state index contributed by atoms with van der Waals surface area (Å²) in [7, 11) is 0. The highest BCUT2D eigenvalue weighted by Crippen LogP contribution is 2.25. The van der Waals surface area contributed by atoms with E-state index in [1.807, 2.05) is 72.5 Å². The Hall–Kier alpha value is -4.86. The van der Waals surface area contributed by atoms with Crippen LogP contribution in [0.4, 0.5) is 10.5 Å². The van der Waals surface area contributed by atoms with E-state index in [2.05, 4.69) is 28.1 Å². The van der Waals surface area contributed by atoms with Crippen molar-refractivity contribution in [3.8, 4) is 5.75 Å². The summed E-state index contributed by atoms with van der Waals surface area (Å²) < 4.78 is 8.32. The first kappa shape index (κ1) is 28.2. The number of piperidine rings is 1. The van der Waals surface area contributed by atoms with E-state index in [1.54, 1.807) is 0 Å². The molecule has 0 saturated carbocycles. The zero-order chi connectivity index (χ0) is 28.5. The van der Waals surface area contributed by atoms with Crippen molar-refractivity contribution in [2.45, 2.75) is 32.9 Å². The zero-order valence-corrected chi connectivity index (χ0v) is 22.2. The number of fused-ring (bicyclic) bond motifs is 1. The molecule has 0 atom stereocenters. The van der Waals surface area contributed by atoms with Gasteiger partial charge in [-0.1, -0.05) is 48.5 Å². The summed E-state index contributed by atoms with van der Waals surface area (Å²) >= 11 is 0. The van der Waals surface area contributed by atoms with Crippen molar-refractivity contribution in [1.29, 1.82) is 0 Å². The average molecular weight is 545 g/mol. The number of anilines is 1. The first-order chi connectivity index (χ1) is 19.3. The van der Waals surface area contributed by atoms with Crippen LogP contribution in [0.1, 0.15) is 24.2 Å². The molecule has 0 spiro atoms. The monoisotopic (exact) mass is 544 g/mol. The van der Waals surface area contributed by atoms with Crippen molar-refractivity contribution in [2.75, 3.05) is 18.4 Å². The van der Waals surface area contributed by atoms with Crippen LogP contribution in [0, 0.1) is 12.8 Å². The van der Waals surface area contributed by atoms with Crippen molar-refractivity contribution in [2.24, 2.45) is 5.92 Å². The van der Waals surface area contributed by atoms with E-state index in [1.165, 1.54) is 0 Å². The molecular weight excluding hydrogens is 512 g/mol. The third-order valence-corrected chi connectivity index (χ3v) is 6.76. The third-order valence-electron chi connectivity index (χ3n) is 6.76. The Morgan fingerprint density at radius 1 is 0.900 bits per heavy atom. The Bertz CT molecular complexity index is 1450. The molecule has 208 valence electrons. The molecule has 0 radical (unpaired) electrons. The van der Waals surface area contributed by atoms with E-state index in [0.29, 0.717) is 12.5 Å². The van der Waals surface area contributed by atoms with Gasteiger partial charge in [0, 0.05) is 25.3 Å². The summed E-state index contributed by atoms with van der Waals surface area (Å²) in [6.07, 6.45) is 1.93. The highest BCUT2D eigenvalue weighted by atomic mass is 16.5. The molecule has 3 N–H and O–H groups in total. The topological polar surface area (TPSA) is 134 Å². The largest absolute Gasteiger partial charge is 0.486 e. The number of para-hydroxylation sites is 4. The number of aromatic nitrogens is 2. The molecule has 0 unspecified atom stereocenters. The number of nitrogens with zero attached hydrogens (tertiary/aromatic N) is 3. The number of carboxylic acid groups (broad SMARTS) is 2. The molecule has 4 aromatic rings. The Morgan fingerprint density at radius 2 is 1.52 bits per heavy atom. The van der Waals surface area contributed by atoms with Crippen molar-refractivity contribution in [3.05, 3.63) is 90.3 Å². The molecule has 2 amide bonds. The summed E-state index contributed by atoms with van der Waals surface area (Å²) in [6, 6.07) is 26.0. The van der Waals surface area contributed by atoms with Crippen LogP contribution < -0.4 is 10.1 Å². The number of hydrogen-bond acceptors (Lipinski definition) is 5. The maximum absolute atomic E-state index is 12.8. The molecule has 3 aromatic carbocycles. The van der Waals surface area contributed by atoms with E-state index in [0.717, 1.165) is 66.3 Å². The number of aryl methyl sites for hydroxylation is 1. The minimum Gasteiger partial charge on any atom is -0.486 e. The standard InChI is InChI=1S/C28H30N4O2.C2H2O4/c1-21-9-5-6-12-24(21)30-28(33)31-17-15-22(16-18-31)19-32-26-14-8-7-13-25(26)29-27(32)20-34-23-10-3-2-4-11-23;3-1(4)2(5)6/h2-14,22H,15-20H2,1H3,(H,30,33);(H,3,4)(H,5,6). The molecule has 40 heavy (non-hydrogen) atoms. The molecule has 1 aliphatic heterocycles. The van der Waals surface area contributed by atoms with Crippen LogP contribution >= 0.6 is 0 Å². The fourth-order valence-corrected chi connectivity index (χ4v) is 4.59. The highest BCUT2D eigenvalue weighted by Gasteiger charge is 2.25. The minimum absolute atomic E-state index is 0.0159. The van der Waals surface area contributed by atoms with Gasteiger partial charge >= 0.3 is 18.0 Å². The Kier molecular flexibility index (Phi) is 9.35. The lowest BCUT2D eigenvalue weighted by molar-refractivity contribution is -0.159. The van der Waals surface area contributed by atoms with Gasteiger partial charge in [-0.15, -0.1) is 0 Å². The second-order valence-electron chi connectivity index (χ2n) is 9.51. The number of aliphatic carboxylic acids is 2. The van der Waals surface area contributed by atoms with Gasteiger partial charge in [-0.2, -0.15) is 0 Å². The lowest BCUT2D eigenvalue weighted by Gasteiger charge is -2.32. The molecule has 0 bridgehead atoms. The van der Waals surface area contributed by atoms with Gasteiger partial charge in [-0.3, -0.25) is 0 Å². The smallest absolute Gasteiger partial charge is 0.414 e. The number of hydrogen-bond donors (Lipinski definition) is 3. The van der Waals surface area contributed by atoms with E-state index >= 15 is 0 Å². The van der Waals surface area contributed by atoms with Gasteiger partial charge in [-0.05, 0) is 61.6 Å². The first-order valence-corrected chi connectivity index (χ1v) is 13.0. The number of carboxylic acids is 2. The van der Waals surface area contributed by atoms with Crippen molar-refractivity contribution in [1.82, 2.24) is 14.5 Å². The molecule has 1 fully saturated rings. The van der Waals surface area contributed by atoms with Crippen molar-refractivity contribution in [3.63, 3.8) is 0 Å². The van der Waals surface area contributed by atoms with Gasteiger partial charge in [-0.25, -0.2) is 19.4 Å². The quantitative estimate of drug-likeness (QED) is 0.290. The van der Waals surface area contributed by atoms with Gasteiger partial charge in [0.15, 0.2) is 0 Å². The van der Waals surface area contributed by atoms with Crippen LogP contribution in [0.25, 0.3) is 11.0 Å². The van der Waals surface area contributed by atoms with E-state index in [4.69, 9.17) is 29.5 Å². The van der Waals surface area contributed by atoms with Crippen LogP contribution in [-0.4, -0.2) is 55.7 Å². The summed E-state index contributed by atoms with van der Waals surface area (Å²) in [6.45, 7) is 4.82. The van der Waals surface area contributed by atoms with Crippen LogP contribution in [0.3, 0.4) is 0 Å². The predicted molar refractivity (Wildman–Crippen MR) is 150 cm³/mol. The normalized spacial score (nSPS) is 13.3. The van der Waals surface area contributed by atoms with Crippen molar-refractivity contribution < 1.29 is 29.3 Å². The minimum atomic E-state index is -1.82. The van der Waals surface area contributed by atoms with E-state index in [9.17, 15) is 4.79 Å². The number of nitrogens with one attached hydrogen (secondary N) is 1. The fourth-order valence-electron chi connectivity index (χ4n) is 4.59. The average Bonchev–Trinajstić information content (AvgIpc) is 3.31. The molecule has 1 aromatic heterocycles. The number of carbonyl (C=O) groups excluding carboxylic acids is 1. The lowest BCUT2D eigenvalue weighted by atomic mass is 9.96. The molecular formula is C30H32N4O6.